The van der Waals surface area contributed by atoms with Crippen LogP contribution in [0.5, 0.6) is 0 Å². The van der Waals surface area contributed by atoms with E-state index >= 15 is 0 Å². The third kappa shape index (κ3) is 3.70. The normalized spacial score (nSPS) is 18.2. The molecule has 2 heterocycles. The van der Waals surface area contributed by atoms with E-state index in [4.69, 9.17) is 11.6 Å². The van der Waals surface area contributed by atoms with Crippen molar-refractivity contribution < 1.29 is 18.8 Å². The Labute approximate surface area is 172 Å². The van der Waals surface area contributed by atoms with E-state index in [9.17, 15) is 18.8 Å². The zero-order valence-electron chi connectivity index (χ0n) is 15.7. The van der Waals surface area contributed by atoms with Crippen molar-refractivity contribution in [2.75, 3.05) is 28.2 Å². The number of hydrogen-bond donors (Lipinski definition) is 1. The van der Waals surface area contributed by atoms with E-state index in [1.165, 1.54) is 19.1 Å². The summed E-state index contributed by atoms with van der Waals surface area (Å²) in [6.45, 7) is 2.41. The van der Waals surface area contributed by atoms with Crippen LogP contribution in [0.15, 0.2) is 36.4 Å². The van der Waals surface area contributed by atoms with Gasteiger partial charge in [0, 0.05) is 37.8 Å². The Kier molecular flexibility index (Phi) is 5.00. The molecule has 0 saturated carbocycles. The van der Waals surface area contributed by atoms with Crippen LogP contribution >= 0.6 is 11.6 Å². The van der Waals surface area contributed by atoms with E-state index in [0.717, 1.165) is 23.7 Å². The quantitative estimate of drug-likeness (QED) is 0.835. The Hall–Kier alpha value is -2.93. The lowest BCUT2D eigenvalue weighted by atomic mass is 10.1. The monoisotopic (exact) mass is 415 g/mol. The maximum absolute atomic E-state index is 13.2. The van der Waals surface area contributed by atoms with E-state index in [0.29, 0.717) is 17.9 Å². The molecular weight excluding hydrogens is 397 g/mol. The molecule has 1 atom stereocenters. The van der Waals surface area contributed by atoms with Gasteiger partial charge in [-0.3, -0.25) is 14.4 Å². The average molecular weight is 416 g/mol. The molecule has 0 spiro atoms. The van der Waals surface area contributed by atoms with Crippen LogP contribution in [0.4, 0.5) is 21.5 Å². The smallest absolute Gasteiger partial charge is 0.229 e. The summed E-state index contributed by atoms with van der Waals surface area (Å²) in [5.74, 6) is -1.51. The number of amides is 3. The third-order valence-corrected chi connectivity index (χ3v) is 5.65. The molecule has 1 fully saturated rings. The zero-order valence-corrected chi connectivity index (χ0v) is 16.5. The summed E-state index contributed by atoms with van der Waals surface area (Å²) < 4.78 is 13.2. The van der Waals surface area contributed by atoms with Gasteiger partial charge in [0.25, 0.3) is 0 Å². The largest absolute Gasteiger partial charge is 0.324 e. The van der Waals surface area contributed by atoms with Gasteiger partial charge in [-0.05, 0) is 48.4 Å². The van der Waals surface area contributed by atoms with Crippen molar-refractivity contribution in [2.45, 2.75) is 19.8 Å². The van der Waals surface area contributed by atoms with Crippen molar-refractivity contribution in [3.63, 3.8) is 0 Å². The van der Waals surface area contributed by atoms with Gasteiger partial charge in [0.15, 0.2) is 0 Å². The molecule has 4 rings (SSSR count). The highest BCUT2D eigenvalue weighted by atomic mass is 35.5. The summed E-state index contributed by atoms with van der Waals surface area (Å²) in [6.07, 6.45) is 0.819. The van der Waals surface area contributed by atoms with Gasteiger partial charge in [-0.25, -0.2) is 4.39 Å². The highest BCUT2D eigenvalue weighted by Crippen LogP contribution is 2.34. The van der Waals surface area contributed by atoms with Gasteiger partial charge < -0.3 is 15.1 Å². The first kappa shape index (κ1) is 19.4. The number of benzene rings is 2. The van der Waals surface area contributed by atoms with Crippen LogP contribution in [0, 0.1) is 11.7 Å². The van der Waals surface area contributed by atoms with Crippen molar-refractivity contribution in [1.29, 1.82) is 0 Å². The minimum Gasteiger partial charge on any atom is -0.324 e. The topological polar surface area (TPSA) is 69.7 Å². The van der Waals surface area contributed by atoms with E-state index < -0.39 is 11.7 Å². The zero-order chi connectivity index (χ0) is 20.7. The summed E-state index contributed by atoms with van der Waals surface area (Å²) in [6, 6.07) is 9.28. The van der Waals surface area contributed by atoms with Crippen LogP contribution in [0.3, 0.4) is 0 Å². The predicted octanol–water partition coefficient (Wildman–Crippen LogP) is 3.38. The lowest BCUT2D eigenvalue weighted by Gasteiger charge is -2.19. The van der Waals surface area contributed by atoms with Gasteiger partial charge in [0.1, 0.15) is 5.82 Å². The SMILES string of the molecule is CC(=O)N1CCc2cc(N3C[C@H](C(=O)Nc4ccc(F)cc4Cl)CC3=O)ccc21. The second kappa shape index (κ2) is 7.48. The van der Waals surface area contributed by atoms with Gasteiger partial charge in [-0.1, -0.05) is 11.6 Å². The van der Waals surface area contributed by atoms with Crippen LogP contribution < -0.4 is 15.1 Å². The second-order valence-electron chi connectivity index (χ2n) is 7.25. The number of hydrogen-bond acceptors (Lipinski definition) is 3. The highest BCUT2D eigenvalue weighted by Gasteiger charge is 2.36. The van der Waals surface area contributed by atoms with Crippen molar-refractivity contribution in [3.05, 3.63) is 52.8 Å². The molecule has 2 aromatic carbocycles. The molecule has 6 nitrogen and oxygen atoms in total. The first-order chi connectivity index (χ1) is 13.8. The van der Waals surface area contributed by atoms with E-state index in [1.54, 1.807) is 15.9 Å². The Bertz CT molecular complexity index is 1030. The first-order valence-corrected chi connectivity index (χ1v) is 9.68. The number of carbonyl (C=O) groups excluding carboxylic acids is 3. The van der Waals surface area contributed by atoms with Crippen LogP contribution in [-0.2, 0) is 20.8 Å². The average Bonchev–Trinajstić information content (AvgIpc) is 3.27. The predicted molar refractivity (Wildman–Crippen MR) is 109 cm³/mol. The lowest BCUT2D eigenvalue weighted by Crippen LogP contribution is -2.28. The Morgan fingerprint density at radius 1 is 1.21 bits per heavy atom. The standard InChI is InChI=1S/C21H19ClFN3O3/c1-12(27)25-7-6-13-8-16(3-5-19(13)25)26-11-14(9-20(26)28)21(29)24-18-4-2-15(23)10-17(18)22/h2-5,8,10,14H,6-7,9,11H2,1H3,(H,24,29)/t14-/m1/s1. The molecule has 2 aliphatic rings. The molecule has 0 unspecified atom stereocenters. The molecule has 1 N–H and O–H groups in total. The molecule has 150 valence electrons. The number of fused-ring (bicyclic) bond motifs is 1. The molecule has 0 radical (unpaired) electrons. The highest BCUT2D eigenvalue weighted by molar-refractivity contribution is 6.33. The molecule has 8 heteroatoms. The summed E-state index contributed by atoms with van der Waals surface area (Å²) in [7, 11) is 0. The molecule has 2 aliphatic heterocycles. The summed E-state index contributed by atoms with van der Waals surface area (Å²) in [5, 5.41) is 2.78. The minimum absolute atomic E-state index is 0.00932. The molecule has 29 heavy (non-hydrogen) atoms. The van der Waals surface area contributed by atoms with Crippen LogP contribution in [0.1, 0.15) is 18.9 Å². The maximum atomic E-state index is 13.2. The number of anilines is 3. The fraction of sp³-hybridized carbons (Fsp3) is 0.286. The van der Waals surface area contributed by atoms with Gasteiger partial charge in [-0.2, -0.15) is 0 Å². The Balaban J connectivity index is 1.48. The van der Waals surface area contributed by atoms with Crippen LogP contribution in [0.2, 0.25) is 5.02 Å². The number of carbonyl (C=O) groups is 3. The number of halogens is 2. The molecule has 0 aliphatic carbocycles. The van der Waals surface area contributed by atoms with Gasteiger partial charge in [0.2, 0.25) is 17.7 Å². The van der Waals surface area contributed by atoms with Crippen LogP contribution in [-0.4, -0.2) is 30.8 Å². The Morgan fingerprint density at radius 2 is 2.00 bits per heavy atom. The van der Waals surface area contributed by atoms with E-state index in [1.807, 2.05) is 12.1 Å². The first-order valence-electron chi connectivity index (χ1n) is 9.31. The second-order valence-corrected chi connectivity index (χ2v) is 7.66. The fourth-order valence-electron chi connectivity index (χ4n) is 3.84. The molecule has 1 saturated heterocycles. The minimum atomic E-state index is -0.536. The van der Waals surface area contributed by atoms with Gasteiger partial charge >= 0.3 is 0 Å². The molecule has 3 amide bonds. The fourth-order valence-corrected chi connectivity index (χ4v) is 4.06. The maximum Gasteiger partial charge on any atom is 0.229 e. The Morgan fingerprint density at radius 3 is 2.72 bits per heavy atom. The molecule has 0 aromatic heterocycles. The number of nitrogens with one attached hydrogen (secondary N) is 1. The number of rotatable bonds is 3. The van der Waals surface area contributed by atoms with Crippen molar-refractivity contribution in [1.82, 2.24) is 0 Å². The summed E-state index contributed by atoms with van der Waals surface area (Å²) in [5.41, 5.74) is 2.91. The number of nitrogens with zero attached hydrogens (tertiary/aromatic N) is 2. The van der Waals surface area contributed by atoms with Gasteiger partial charge in [-0.15, -0.1) is 0 Å². The van der Waals surface area contributed by atoms with Crippen molar-refractivity contribution in [3.8, 4) is 0 Å². The van der Waals surface area contributed by atoms with E-state index in [-0.39, 0.29) is 35.7 Å². The summed E-state index contributed by atoms with van der Waals surface area (Å²) in [4.78, 5) is 40.1. The van der Waals surface area contributed by atoms with Crippen LogP contribution in [0.25, 0.3) is 0 Å². The summed E-state index contributed by atoms with van der Waals surface area (Å²) >= 11 is 5.96. The lowest BCUT2D eigenvalue weighted by molar-refractivity contribution is -0.122. The molecule has 2 aromatic rings. The van der Waals surface area contributed by atoms with Crippen molar-refractivity contribution >= 4 is 46.4 Å². The third-order valence-electron chi connectivity index (χ3n) is 5.34. The van der Waals surface area contributed by atoms with Crippen molar-refractivity contribution in [2.24, 2.45) is 5.92 Å². The van der Waals surface area contributed by atoms with Gasteiger partial charge in [0.05, 0.1) is 16.6 Å². The van der Waals surface area contributed by atoms with E-state index in [2.05, 4.69) is 5.32 Å². The molecule has 0 bridgehead atoms. The molecular formula is C21H19ClFN3O3.